The van der Waals surface area contributed by atoms with Gasteiger partial charge in [-0.05, 0) is 12.5 Å². The second kappa shape index (κ2) is 3.21. The Morgan fingerprint density at radius 1 is 1.71 bits per heavy atom. The Balaban J connectivity index is 2.67. The zero-order valence-corrected chi connectivity index (χ0v) is 9.82. The Kier molecular flexibility index (Phi) is 2.27. The summed E-state index contributed by atoms with van der Waals surface area (Å²) in [5.41, 5.74) is 0.745. The molecule has 1 N–H and O–H groups in total. The maximum Gasteiger partial charge on any atom is 0.247 e. The molecule has 1 atom stereocenters. The molecule has 0 radical (unpaired) electrons. The van der Waals surface area contributed by atoms with E-state index in [1.807, 2.05) is 6.92 Å². The lowest BCUT2D eigenvalue weighted by Gasteiger charge is -2.17. The van der Waals surface area contributed by atoms with E-state index >= 15 is 0 Å². The molecule has 0 aliphatic carbocycles. The molecule has 0 saturated heterocycles. The van der Waals surface area contributed by atoms with Crippen LogP contribution in [-0.2, 0) is 9.12 Å². The molecule has 0 saturated carbocycles. The van der Waals surface area contributed by atoms with E-state index < -0.39 is 4.32 Å². The maximum absolute atomic E-state index is 11.7. The van der Waals surface area contributed by atoms with Crippen LogP contribution in [0.5, 0.6) is 0 Å². The number of rotatable bonds is 1. The summed E-state index contributed by atoms with van der Waals surface area (Å²) in [6, 6.07) is 1.69. The average molecular weight is 276 g/mol. The van der Waals surface area contributed by atoms with Gasteiger partial charge in [0.25, 0.3) is 0 Å². The minimum Gasteiger partial charge on any atom is -0.309 e. The molecule has 1 aliphatic heterocycles. The van der Waals surface area contributed by atoms with Crippen molar-refractivity contribution in [1.82, 2.24) is 4.98 Å². The fourth-order valence-corrected chi connectivity index (χ4v) is 2.49. The molecular weight excluding hydrogens is 267 g/mol. The van der Waals surface area contributed by atoms with Gasteiger partial charge in [-0.15, -0.1) is 0 Å². The summed E-state index contributed by atoms with van der Waals surface area (Å²) < 4.78 is -0.715. The fourth-order valence-electron chi connectivity index (χ4n) is 1.57. The van der Waals surface area contributed by atoms with Gasteiger partial charge in [0.1, 0.15) is 10.1 Å². The number of halogens is 2. The lowest BCUT2D eigenvalue weighted by molar-refractivity contribution is -0.117. The Bertz CT molecular complexity index is 410. The summed E-state index contributed by atoms with van der Waals surface area (Å²) in [5, 5.41) is 3.26. The van der Waals surface area contributed by atoms with Gasteiger partial charge in [0.2, 0.25) is 5.91 Å². The molecule has 1 aromatic heterocycles. The Morgan fingerprint density at radius 2 is 2.43 bits per heavy atom. The number of aromatic nitrogens is 1. The van der Waals surface area contributed by atoms with Crippen molar-refractivity contribution in [1.29, 1.82) is 0 Å². The van der Waals surface area contributed by atoms with E-state index in [-0.39, 0.29) is 5.91 Å². The van der Waals surface area contributed by atoms with Crippen LogP contribution >= 0.6 is 27.5 Å². The normalized spacial score (nSPS) is 24.6. The third kappa shape index (κ3) is 1.17. The zero-order chi connectivity index (χ0) is 10.3. The second-order valence-corrected chi connectivity index (χ2v) is 4.89. The predicted octanol–water partition coefficient (Wildman–Crippen LogP) is 2.69. The summed E-state index contributed by atoms with van der Waals surface area (Å²) in [4.78, 5) is 15.7. The number of alkyl halides is 1. The van der Waals surface area contributed by atoms with Crippen molar-refractivity contribution in [2.24, 2.45) is 0 Å². The maximum atomic E-state index is 11.7. The Labute approximate surface area is 95.0 Å². The van der Waals surface area contributed by atoms with Gasteiger partial charge in [-0.2, -0.15) is 0 Å². The van der Waals surface area contributed by atoms with Gasteiger partial charge in [0.15, 0.2) is 0 Å². The highest BCUT2D eigenvalue weighted by molar-refractivity contribution is 9.10. The third-order valence-corrected chi connectivity index (χ3v) is 4.01. The van der Waals surface area contributed by atoms with Crippen LogP contribution in [0, 0.1) is 0 Å². The highest BCUT2D eigenvalue weighted by Gasteiger charge is 2.45. The van der Waals surface area contributed by atoms with Crippen molar-refractivity contribution in [3.8, 4) is 0 Å². The Morgan fingerprint density at radius 3 is 3.07 bits per heavy atom. The van der Waals surface area contributed by atoms with Gasteiger partial charge in [-0.1, -0.05) is 34.5 Å². The highest BCUT2D eigenvalue weighted by Crippen LogP contribution is 2.47. The summed E-state index contributed by atoms with van der Waals surface area (Å²) in [5.74, 6) is 0.455. The smallest absolute Gasteiger partial charge is 0.247 e. The lowest BCUT2D eigenvalue weighted by Crippen LogP contribution is -2.26. The molecule has 14 heavy (non-hydrogen) atoms. The summed E-state index contributed by atoms with van der Waals surface area (Å²) in [6.45, 7) is 1.92. The molecule has 0 fully saturated rings. The van der Waals surface area contributed by atoms with Gasteiger partial charge in [0, 0.05) is 11.8 Å². The van der Waals surface area contributed by atoms with Crippen molar-refractivity contribution in [2.45, 2.75) is 17.7 Å². The van der Waals surface area contributed by atoms with Crippen molar-refractivity contribution < 1.29 is 4.79 Å². The molecule has 0 aromatic carbocycles. The molecule has 0 spiro atoms. The number of carbonyl (C=O) groups is 1. The number of anilines is 1. The Hall–Kier alpha value is -0.610. The van der Waals surface area contributed by atoms with Crippen LogP contribution in [0.15, 0.2) is 12.3 Å². The van der Waals surface area contributed by atoms with Crippen molar-refractivity contribution >= 4 is 39.3 Å². The largest absolute Gasteiger partial charge is 0.309 e. The lowest BCUT2D eigenvalue weighted by atomic mass is 9.99. The first-order chi connectivity index (χ1) is 6.59. The van der Waals surface area contributed by atoms with E-state index in [1.165, 1.54) is 0 Å². The standard InChI is InChI=1S/C9H8BrClN2O/c1-2-9(10)6-5(11)3-4-12-7(6)13-8(9)14/h3-4H,2H2,1H3,(H,12,13,14). The highest BCUT2D eigenvalue weighted by atomic mass is 79.9. The number of pyridine rings is 1. The number of hydrogen-bond donors (Lipinski definition) is 1. The topological polar surface area (TPSA) is 42.0 Å². The van der Waals surface area contributed by atoms with E-state index in [4.69, 9.17) is 11.6 Å². The molecule has 74 valence electrons. The van der Waals surface area contributed by atoms with Crippen molar-refractivity contribution in [3.63, 3.8) is 0 Å². The van der Waals surface area contributed by atoms with E-state index in [9.17, 15) is 4.79 Å². The summed E-state index contributed by atoms with van der Waals surface area (Å²) in [7, 11) is 0. The summed E-state index contributed by atoms with van der Waals surface area (Å²) in [6.07, 6.45) is 2.22. The average Bonchev–Trinajstić information content (AvgIpc) is 2.41. The SMILES string of the molecule is CCC1(Br)C(=O)Nc2nccc(Cl)c21. The van der Waals surface area contributed by atoms with Crippen LogP contribution in [0.1, 0.15) is 18.9 Å². The van der Waals surface area contributed by atoms with E-state index in [2.05, 4.69) is 26.2 Å². The minimum absolute atomic E-state index is 0.101. The fraction of sp³-hybridized carbons (Fsp3) is 0.333. The molecule has 5 heteroatoms. The van der Waals surface area contributed by atoms with Gasteiger partial charge in [-0.3, -0.25) is 4.79 Å². The van der Waals surface area contributed by atoms with Crippen LogP contribution in [-0.4, -0.2) is 10.9 Å². The quantitative estimate of drug-likeness (QED) is 0.801. The number of nitrogens with one attached hydrogen (secondary N) is 1. The first-order valence-corrected chi connectivity index (χ1v) is 5.42. The van der Waals surface area contributed by atoms with Crippen molar-refractivity contribution in [3.05, 3.63) is 22.8 Å². The molecule has 0 bridgehead atoms. The zero-order valence-electron chi connectivity index (χ0n) is 7.47. The molecule has 1 aromatic rings. The van der Waals surface area contributed by atoms with Gasteiger partial charge >= 0.3 is 0 Å². The summed E-state index contributed by atoms with van der Waals surface area (Å²) >= 11 is 9.46. The second-order valence-electron chi connectivity index (χ2n) is 3.13. The van der Waals surface area contributed by atoms with E-state index in [1.54, 1.807) is 12.3 Å². The monoisotopic (exact) mass is 274 g/mol. The molecular formula is C9H8BrClN2O. The number of nitrogens with zero attached hydrogens (tertiary/aromatic N) is 1. The molecule has 2 heterocycles. The number of hydrogen-bond acceptors (Lipinski definition) is 2. The van der Waals surface area contributed by atoms with Crippen molar-refractivity contribution in [2.75, 3.05) is 5.32 Å². The number of fused-ring (bicyclic) bond motifs is 1. The molecule has 1 aliphatic rings. The van der Waals surface area contributed by atoms with Gasteiger partial charge < -0.3 is 5.32 Å². The number of amides is 1. The van der Waals surface area contributed by atoms with Crippen LogP contribution in [0.25, 0.3) is 0 Å². The number of carbonyl (C=O) groups excluding carboxylic acids is 1. The van der Waals surface area contributed by atoms with Crippen LogP contribution < -0.4 is 5.32 Å². The van der Waals surface area contributed by atoms with Gasteiger partial charge in [0.05, 0.1) is 5.02 Å². The first-order valence-electron chi connectivity index (χ1n) is 4.25. The first kappa shape index (κ1) is 9.93. The molecule has 1 amide bonds. The molecule has 1 unspecified atom stereocenters. The van der Waals surface area contributed by atoms with E-state index in [0.717, 1.165) is 5.56 Å². The molecule has 2 rings (SSSR count). The van der Waals surface area contributed by atoms with Gasteiger partial charge in [-0.25, -0.2) is 4.98 Å². The van der Waals surface area contributed by atoms with E-state index in [0.29, 0.717) is 17.3 Å². The predicted molar refractivity (Wildman–Crippen MR) is 58.8 cm³/mol. The third-order valence-electron chi connectivity index (χ3n) is 2.38. The van der Waals surface area contributed by atoms with Crippen LogP contribution in [0.2, 0.25) is 5.02 Å². The minimum atomic E-state index is -0.715. The molecule has 3 nitrogen and oxygen atoms in total. The van der Waals surface area contributed by atoms with Crippen LogP contribution in [0.3, 0.4) is 0 Å². The van der Waals surface area contributed by atoms with Crippen LogP contribution in [0.4, 0.5) is 5.82 Å².